The third-order valence-corrected chi connectivity index (χ3v) is 3.18. The number of rotatable bonds is 2. The maximum atomic E-state index is 11.5. The molecule has 1 saturated carbocycles. The Kier molecular flexibility index (Phi) is 2.86. The van der Waals surface area contributed by atoms with Crippen molar-refractivity contribution in [2.45, 2.75) is 18.6 Å². The summed E-state index contributed by atoms with van der Waals surface area (Å²) in [5, 5.41) is 9.05. The number of aliphatic carboxylic acids is 1. The van der Waals surface area contributed by atoms with Crippen molar-refractivity contribution in [2.24, 2.45) is 11.8 Å². The Labute approximate surface area is 92.5 Å². The predicted octanol–water partition coefficient (Wildman–Crippen LogP) is 0.0133. The zero-order chi connectivity index (χ0) is 11.8. The fourth-order valence-corrected chi connectivity index (χ4v) is 2.43. The maximum absolute atomic E-state index is 11.5. The molecule has 2 fully saturated rings. The first-order valence-corrected chi connectivity index (χ1v) is 5.16. The minimum atomic E-state index is -1.01. The lowest BCUT2D eigenvalue weighted by Crippen LogP contribution is -2.27. The number of methoxy groups -OCH3 is 1. The highest BCUT2D eigenvalue weighted by atomic mass is 16.7. The molecule has 0 aromatic heterocycles. The van der Waals surface area contributed by atoms with Crippen LogP contribution in [-0.2, 0) is 23.8 Å². The van der Waals surface area contributed by atoms with Crippen molar-refractivity contribution in [2.75, 3.05) is 20.3 Å². The van der Waals surface area contributed by atoms with Gasteiger partial charge in [0.05, 0.1) is 32.2 Å². The molecule has 6 nitrogen and oxygen atoms in total. The van der Waals surface area contributed by atoms with Crippen molar-refractivity contribution in [3.05, 3.63) is 0 Å². The van der Waals surface area contributed by atoms with E-state index in [2.05, 4.69) is 4.74 Å². The van der Waals surface area contributed by atoms with Gasteiger partial charge in [-0.1, -0.05) is 0 Å². The van der Waals surface area contributed by atoms with Gasteiger partial charge < -0.3 is 19.3 Å². The van der Waals surface area contributed by atoms with E-state index in [0.717, 1.165) is 0 Å². The number of hydrogen-bond donors (Lipinski definition) is 1. The minimum absolute atomic E-state index is 0.210. The highest BCUT2D eigenvalue weighted by molar-refractivity contribution is 5.82. The Morgan fingerprint density at radius 1 is 1.25 bits per heavy atom. The van der Waals surface area contributed by atoms with Crippen LogP contribution in [0.3, 0.4) is 0 Å². The van der Waals surface area contributed by atoms with Crippen LogP contribution < -0.4 is 0 Å². The molecular formula is C10H14O6. The molecule has 1 spiro atoms. The van der Waals surface area contributed by atoms with Crippen molar-refractivity contribution in [1.82, 2.24) is 0 Å². The smallest absolute Gasteiger partial charge is 0.309 e. The van der Waals surface area contributed by atoms with Gasteiger partial charge in [-0.25, -0.2) is 0 Å². The molecule has 0 aromatic carbocycles. The second-order valence-corrected chi connectivity index (χ2v) is 4.09. The van der Waals surface area contributed by atoms with E-state index in [1.807, 2.05) is 0 Å². The summed E-state index contributed by atoms with van der Waals surface area (Å²) >= 11 is 0. The number of carboxylic acid groups (broad SMARTS) is 1. The molecule has 2 atom stereocenters. The molecule has 0 radical (unpaired) electrons. The van der Waals surface area contributed by atoms with Gasteiger partial charge in [0.1, 0.15) is 0 Å². The fourth-order valence-electron chi connectivity index (χ4n) is 2.43. The van der Waals surface area contributed by atoms with Crippen LogP contribution in [0.15, 0.2) is 0 Å². The van der Waals surface area contributed by atoms with E-state index in [1.54, 1.807) is 0 Å². The predicted molar refractivity (Wildman–Crippen MR) is 50.5 cm³/mol. The molecule has 0 bridgehead atoms. The van der Waals surface area contributed by atoms with Crippen molar-refractivity contribution < 1.29 is 28.9 Å². The van der Waals surface area contributed by atoms with E-state index in [0.29, 0.717) is 13.2 Å². The number of ether oxygens (including phenoxy) is 3. The summed E-state index contributed by atoms with van der Waals surface area (Å²) in [6, 6.07) is 0. The highest BCUT2D eigenvalue weighted by Gasteiger charge is 2.54. The summed E-state index contributed by atoms with van der Waals surface area (Å²) < 4.78 is 15.4. The van der Waals surface area contributed by atoms with Crippen molar-refractivity contribution in [3.63, 3.8) is 0 Å². The standard InChI is InChI=1S/C10H14O6/c1-14-9(13)7-5-10(15-2-3-16-10)4-6(7)8(11)12/h6-7H,2-5H2,1H3,(H,11,12)/t6-,7-/m0/s1. The molecule has 1 N–H and O–H groups in total. The molecule has 0 amide bonds. The van der Waals surface area contributed by atoms with Crippen LogP contribution >= 0.6 is 0 Å². The molecule has 0 aromatic rings. The largest absolute Gasteiger partial charge is 0.481 e. The second-order valence-electron chi connectivity index (χ2n) is 4.09. The number of carbonyl (C=O) groups excluding carboxylic acids is 1. The van der Waals surface area contributed by atoms with Crippen molar-refractivity contribution in [3.8, 4) is 0 Å². The molecule has 2 aliphatic rings. The normalized spacial score (nSPS) is 31.8. The first-order chi connectivity index (χ1) is 7.58. The molecule has 2 rings (SSSR count). The second kappa shape index (κ2) is 4.03. The van der Waals surface area contributed by atoms with E-state index < -0.39 is 29.6 Å². The molecule has 1 aliphatic carbocycles. The molecule has 1 saturated heterocycles. The zero-order valence-electron chi connectivity index (χ0n) is 8.97. The highest BCUT2D eigenvalue weighted by Crippen LogP contribution is 2.45. The van der Waals surface area contributed by atoms with E-state index in [-0.39, 0.29) is 12.8 Å². The molecule has 1 aliphatic heterocycles. The average Bonchev–Trinajstić information content (AvgIpc) is 2.86. The van der Waals surface area contributed by atoms with Crippen LogP contribution in [0.5, 0.6) is 0 Å². The molecule has 90 valence electrons. The molecule has 16 heavy (non-hydrogen) atoms. The van der Waals surface area contributed by atoms with Crippen LogP contribution in [-0.4, -0.2) is 43.2 Å². The molecule has 6 heteroatoms. The molecular weight excluding hydrogens is 216 g/mol. The van der Waals surface area contributed by atoms with Crippen LogP contribution in [0.4, 0.5) is 0 Å². The summed E-state index contributed by atoms with van der Waals surface area (Å²) in [6.07, 6.45) is 0.471. The van der Waals surface area contributed by atoms with Crippen LogP contribution in [0.2, 0.25) is 0 Å². The summed E-state index contributed by atoms with van der Waals surface area (Å²) in [7, 11) is 1.25. The van der Waals surface area contributed by atoms with E-state index in [1.165, 1.54) is 7.11 Å². The topological polar surface area (TPSA) is 82.1 Å². The van der Waals surface area contributed by atoms with Crippen LogP contribution in [0, 0.1) is 11.8 Å². The van der Waals surface area contributed by atoms with Gasteiger partial charge in [0.25, 0.3) is 0 Å². The minimum Gasteiger partial charge on any atom is -0.481 e. The van der Waals surface area contributed by atoms with Crippen molar-refractivity contribution >= 4 is 11.9 Å². The third kappa shape index (κ3) is 1.78. The Morgan fingerprint density at radius 2 is 1.81 bits per heavy atom. The van der Waals surface area contributed by atoms with Crippen LogP contribution in [0.25, 0.3) is 0 Å². The fraction of sp³-hybridized carbons (Fsp3) is 0.800. The summed E-state index contributed by atoms with van der Waals surface area (Å²) in [5.74, 6) is -3.87. The number of carboxylic acids is 1. The van der Waals surface area contributed by atoms with Gasteiger partial charge in [-0.15, -0.1) is 0 Å². The van der Waals surface area contributed by atoms with Gasteiger partial charge in [-0.3, -0.25) is 9.59 Å². The van der Waals surface area contributed by atoms with Gasteiger partial charge in [-0.2, -0.15) is 0 Å². The van der Waals surface area contributed by atoms with Gasteiger partial charge in [0.2, 0.25) is 0 Å². The van der Waals surface area contributed by atoms with Gasteiger partial charge in [0.15, 0.2) is 5.79 Å². The Hall–Kier alpha value is -1.14. The van der Waals surface area contributed by atoms with Gasteiger partial charge >= 0.3 is 11.9 Å². The molecule has 0 unspecified atom stereocenters. The zero-order valence-corrected chi connectivity index (χ0v) is 8.97. The first-order valence-electron chi connectivity index (χ1n) is 5.16. The van der Waals surface area contributed by atoms with E-state index in [9.17, 15) is 9.59 Å². The van der Waals surface area contributed by atoms with E-state index in [4.69, 9.17) is 14.6 Å². The SMILES string of the molecule is COC(=O)[C@H]1CC2(C[C@@H]1C(=O)O)OCCO2. The van der Waals surface area contributed by atoms with Gasteiger partial charge in [0, 0.05) is 12.8 Å². The van der Waals surface area contributed by atoms with Crippen molar-refractivity contribution in [1.29, 1.82) is 0 Å². The van der Waals surface area contributed by atoms with E-state index >= 15 is 0 Å². The van der Waals surface area contributed by atoms with Gasteiger partial charge in [-0.05, 0) is 0 Å². The van der Waals surface area contributed by atoms with Crippen LogP contribution in [0.1, 0.15) is 12.8 Å². The summed E-state index contributed by atoms with van der Waals surface area (Å²) in [5.41, 5.74) is 0. The lowest BCUT2D eigenvalue weighted by Gasteiger charge is -2.20. The maximum Gasteiger partial charge on any atom is 0.309 e. The average molecular weight is 230 g/mol. The number of carbonyl (C=O) groups is 2. The Bertz CT molecular complexity index is 306. The third-order valence-electron chi connectivity index (χ3n) is 3.18. The summed E-state index contributed by atoms with van der Waals surface area (Å²) in [4.78, 5) is 22.5. The lowest BCUT2D eigenvalue weighted by molar-refractivity contribution is -0.162. The molecule has 1 heterocycles. The number of hydrogen-bond acceptors (Lipinski definition) is 5. The lowest BCUT2D eigenvalue weighted by atomic mass is 9.97. The number of esters is 1. The Balaban J connectivity index is 2.17. The Morgan fingerprint density at radius 3 is 2.31 bits per heavy atom. The quantitative estimate of drug-likeness (QED) is 0.673. The summed E-state index contributed by atoms with van der Waals surface area (Å²) in [6.45, 7) is 0.889. The first kappa shape index (κ1) is 11.3. The monoisotopic (exact) mass is 230 g/mol.